The van der Waals surface area contributed by atoms with Crippen LogP contribution in [0, 0.1) is 34.5 Å². The molecule has 31 heavy (non-hydrogen) atoms. The second-order valence-electron chi connectivity index (χ2n) is 10.7. The Balaban J connectivity index is 0.000000293. The number of aliphatic hydroxyl groups excluding tert-OH is 2. The van der Waals surface area contributed by atoms with Crippen LogP contribution in [0.3, 0.4) is 0 Å². The van der Waals surface area contributed by atoms with Crippen molar-refractivity contribution < 1.29 is 30.0 Å². The molecule has 0 aromatic rings. The number of nitrogens with one attached hydrogen (secondary N) is 1. The normalized spacial score (nSPS) is 46.3. The van der Waals surface area contributed by atoms with Crippen LogP contribution in [0.2, 0.25) is 0 Å². The van der Waals surface area contributed by atoms with E-state index in [1.807, 2.05) is 7.05 Å². The number of rotatable bonds is 3. The first-order valence-electron chi connectivity index (χ1n) is 11.7. The molecule has 4 aliphatic rings. The fourth-order valence-electron chi connectivity index (χ4n) is 7.91. The van der Waals surface area contributed by atoms with Crippen LogP contribution >= 0.6 is 0 Å². The van der Waals surface area contributed by atoms with Crippen LogP contribution in [-0.4, -0.2) is 57.7 Å². The highest BCUT2D eigenvalue weighted by atomic mass is 16.4. The van der Waals surface area contributed by atoms with Crippen LogP contribution in [0.1, 0.15) is 65.2 Å². The SMILES string of the molecule is CN[C@H]1[C@H](O)C[C@H]2[C@@H]3CC[C@H]4C[C@@H](O)CC[C@]4(C)[C@H]3CC[C@@]21C.O=C(O)/C=C\C(=O)O. The minimum absolute atomic E-state index is 0.0551. The van der Waals surface area contributed by atoms with E-state index in [9.17, 15) is 19.8 Å². The molecule has 4 fully saturated rings. The molecule has 0 unspecified atom stereocenters. The molecule has 0 radical (unpaired) electrons. The first-order valence-corrected chi connectivity index (χ1v) is 11.7. The summed E-state index contributed by atoms with van der Waals surface area (Å²) in [6.07, 6.45) is 10.3. The van der Waals surface area contributed by atoms with Crippen molar-refractivity contribution in [2.75, 3.05) is 7.05 Å². The van der Waals surface area contributed by atoms with E-state index in [0.717, 1.165) is 37.0 Å². The Morgan fingerprint density at radius 3 is 2.06 bits per heavy atom. The largest absolute Gasteiger partial charge is 0.478 e. The first kappa shape index (κ1) is 24.2. The van der Waals surface area contributed by atoms with E-state index in [0.29, 0.717) is 23.5 Å². The van der Waals surface area contributed by atoms with Crippen LogP contribution in [0.15, 0.2) is 12.2 Å². The van der Waals surface area contributed by atoms with Crippen LogP contribution in [0.5, 0.6) is 0 Å². The molecule has 0 aliphatic heterocycles. The highest BCUT2D eigenvalue weighted by Crippen LogP contribution is 2.66. The van der Waals surface area contributed by atoms with Gasteiger partial charge in [0.25, 0.3) is 0 Å². The summed E-state index contributed by atoms with van der Waals surface area (Å²) < 4.78 is 0. The van der Waals surface area contributed by atoms with Crippen molar-refractivity contribution in [1.29, 1.82) is 0 Å². The summed E-state index contributed by atoms with van der Waals surface area (Å²) in [5, 5.41) is 39.8. The van der Waals surface area contributed by atoms with E-state index in [-0.39, 0.29) is 23.7 Å². The Kier molecular flexibility index (Phi) is 7.18. The van der Waals surface area contributed by atoms with E-state index in [1.54, 1.807) is 0 Å². The van der Waals surface area contributed by atoms with Gasteiger partial charge in [-0.3, -0.25) is 0 Å². The van der Waals surface area contributed by atoms with Crippen molar-refractivity contribution in [3.63, 3.8) is 0 Å². The molecule has 7 heteroatoms. The van der Waals surface area contributed by atoms with E-state index in [1.165, 1.54) is 32.1 Å². The van der Waals surface area contributed by atoms with Crippen LogP contribution in [-0.2, 0) is 9.59 Å². The zero-order chi connectivity index (χ0) is 23.0. The highest BCUT2D eigenvalue weighted by Gasteiger charge is 2.61. The molecule has 0 heterocycles. The van der Waals surface area contributed by atoms with Crippen LogP contribution in [0.25, 0.3) is 0 Å². The van der Waals surface area contributed by atoms with Gasteiger partial charge in [-0.25, -0.2) is 9.59 Å². The number of aliphatic carboxylic acids is 2. The third kappa shape index (κ3) is 4.55. The molecule has 0 saturated heterocycles. The smallest absolute Gasteiger partial charge is 0.328 e. The molecule has 4 rings (SSSR count). The van der Waals surface area contributed by atoms with Gasteiger partial charge in [-0.1, -0.05) is 13.8 Å². The van der Waals surface area contributed by atoms with Gasteiger partial charge < -0.3 is 25.7 Å². The summed E-state index contributed by atoms with van der Waals surface area (Å²) in [5.41, 5.74) is 0.707. The topological polar surface area (TPSA) is 127 Å². The third-order valence-corrected chi connectivity index (χ3v) is 9.35. The van der Waals surface area contributed by atoms with Crippen LogP contribution < -0.4 is 5.32 Å². The Labute approximate surface area is 184 Å². The molecule has 4 saturated carbocycles. The van der Waals surface area contributed by atoms with Gasteiger partial charge in [-0.15, -0.1) is 0 Å². The average molecular weight is 438 g/mol. The quantitative estimate of drug-likeness (QED) is 0.430. The fourth-order valence-corrected chi connectivity index (χ4v) is 7.91. The molecule has 7 nitrogen and oxygen atoms in total. The van der Waals surface area contributed by atoms with E-state index in [4.69, 9.17) is 10.2 Å². The molecular weight excluding hydrogens is 398 g/mol. The number of hydrogen-bond acceptors (Lipinski definition) is 5. The lowest BCUT2D eigenvalue weighted by Gasteiger charge is -2.60. The second kappa shape index (κ2) is 9.20. The van der Waals surface area contributed by atoms with Crippen LogP contribution in [0.4, 0.5) is 0 Å². The van der Waals surface area contributed by atoms with E-state index in [2.05, 4.69) is 19.2 Å². The Hall–Kier alpha value is -1.44. The summed E-state index contributed by atoms with van der Waals surface area (Å²) in [5.74, 6) is 0.495. The fraction of sp³-hybridized carbons (Fsp3) is 0.833. The molecule has 0 amide bonds. The van der Waals surface area contributed by atoms with Crippen molar-refractivity contribution >= 4 is 11.9 Å². The molecule has 176 valence electrons. The number of likely N-dealkylation sites (N-methyl/N-ethyl adjacent to an activating group) is 1. The second-order valence-corrected chi connectivity index (χ2v) is 10.7. The van der Waals surface area contributed by atoms with Crippen molar-refractivity contribution in [3.8, 4) is 0 Å². The minimum atomic E-state index is -1.26. The number of carbonyl (C=O) groups is 2. The lowest BCUT2D eigenvalue weighted by Crippen LogP contribution is -2.56. The van der Waals surface area contributed by atoms with Gasteiger partial charge in [-0.2, -0.15) is 0 Å². The summed E-state index contributed by atoms with van der Waals surface area (Å²) >= 11 is 0. The standard InChI is InChI=1S/C20H35NO2.C4H4O4/c1-19-8-6-13(22)10-12(19)4-5-14-15(19)7-9-20(2)16(14)11-17(23)18(20)21-3;5-3(6)1-2-4(7)8/h12-18,21-23H,4-11H2,1-3H3;1-2H,(H,5,6)(H,7,8)/b;2-1-/t12-,13-,14+,15-,16-,17+,18-,19-,20-;/m0./s1. The number of carboxylic acids is 2. The highest BCUT2D eigenvalue weighted by molar-refractivity contribution is 5.89. The predicted molar refractivity (Wildman–Crippen MR) is 116 cm³/mol. The first-order chi connectivity index (χ1) is 14.5. The maximum absolute atomic E-state index is 10.6. The zero-order valence-electron chi connectivity index (χ0n) is 19.0. The van der Waals surface area contributed by atoms with Gasteiger partial charge in [0.2, 0.25) is 0 Å². The monoisotopic (exact) mass is 437 g/mol. The number of carboxylic acid groups (broad SMARTS) is 2. The van der Waals surface area contributed by atoms with Gasteiger partial charge in [0.1, 0.15) is 0 Å². The van der Waals surface area contributed by atoms with Gasteiger partial charge in [-0.05, 0) is 92.9 Å². The summed E-state index contributed by atoms with van der Waals surface area (Å²) in [6, 6.07) is 0.271. The maximum Gasteiger partial charge on any atom is 0.328 e. The minimum Gasteiger partial charge on any atom is -0.478 e. The molecule has 0 bridgehead atoms. The summed E-state index contributed by atoms with van der Waals surface area (Å²) in [4.78, 5) is 19.1. The average Bonchev–Trinajstić information content (AvgIpc) is 2.97. The maximum atomic E-state index is 10.6. The summed E-state index contributed by atoms with van der Waals surface area (Å²) in [6.45, 7) is 4.97. The molecule has 0 aromatic carbocycles. The third-order valence-electron chi connectivity index (χ3n) is 9.35. The Morgan fingerprint density at radius 1 is 0.871 bits per heavy atom. The Bertz CT molecular complexity index is 694. The van der Waals surface area contributed by atoms with Crippen molar-refractivity contribution in [3.05, 3.63) is 12.2 Å². The molecule has 9 atom stereocenters. The van der Waals surface area contributed by atoms with Crippen molar-refractivity contribution in [2.45, 2.75) is 83.5 Å². The van der Waals surface area contributed by atoms with Gasteiger partial charge in [0.05, 0.1) is 12.2 Å². The van der Waals surface area contributed by atoms with Crippen molar-refractivity contribution in [1.82, 2.24) is 5.32 Å². The number of aliphatic hydroxyl groups is 2. The molecular formula is C24H39NO6. The van der Waals surface area contributed by atoms with E-state index >= 15 is 0 Å². The van der Waals surface area contributed by atoms with E-state index < -0.39 is 11.9 Å². The van der Waals surface area contributed by atoms with Gasteiger partial charge in [0.15, 0.2) is 0 Å². The molecule has 4 aliphatic carbocycles. The number of fused-ring (bicyclic) bond motifs is 5. The lowest BCUT2D eigenvalue weighted by atomic mass is 9.45. The predicted octanol–water partition coefficient (Wildman–Crippen LogP) is 2.66. The lowest BCUT2D eigenvalue weighted by molar-refractivity contribution is -0.134. The zero-order valence-corrected chi connectivity index (χ0v) is 19.0. The molecule has 0 aromatic heterocycles. The Morgan fingerprint density at radius 2 is 1.48 bits per heavy atom. The summed E-state index contributed by atoms with van der Waals surface area (Å²) in [7, 11) is 2.02. The molecule has 0 spiro atoms. The number of hydrogen-bond donors (Lipinski definition) is 5. The van der Waals surface area contributed by atoms with Gasteiger partial charge in [0, 0.05) is 18.2 Å². The van der Waals surface area contributed by atoms with Crippen molar-refractivity contribution in [2.24, 2.45) is 34.5 Å². The molecule has 5 N–H and O–H groups in total. The van der Waals surface area contributed by atoms with Gasteiger partial charge >= 0.3 is 11.9 Å².